The van der Waals surface area contributed by atoms with E-state index in [2.05, 4.69) is 0 Å². The zero-order valence-corrected chi connectivity index (χ0v) is 10.7. The fraction of sp³-hybridized carbons (Fsp3) is 0.556. The maximum Gasteiger partial charge on any atom is 0.243 e. The minimum absolute atomic E-state index is 0.203. The van der Waals surface area contributed by atoms with Gasteiger partial charge in [0.2, 0.25) is 10.0 Å². The Balaban J connectivity index is 2.27. The second-order valence-corrected chi connectivity index (χ2v) is 6.90. The van der Waals surface area contributed by atoms with Gasteiger partial charge in [-0.3, -0.25) is 0 Å². The Morgan fingerprint density at radius 1 is 1.60 bits per heavy atom. The Hall–Kier alpha value is -0.100. The van der Waals surface area contributed by atoms with Gasteiger partial charge in [0.25, 0.3) is 0 Å². The third kappa shape index (κ3) is 2.20. The van der Waals surface area contributed by atoms with Gasteiger partial charge in [-0.2, -0.15) is 4.31 Å². The molecular formula is C9H12ClNO2S2. The summed E-state index contributed by atoms with van der Waals surface area (Å²) in [7, 11) is -1.64. The van der Waals surface area contributed by atoms with Gasteiger partial charge in [-0.05, 0) is 18.9 Å². The third-order valence-corrected chi connectivity index (χ3v) is 5.92. The van der Waals surface area contributed by atoms with Gasteiger partial charge in [0, 0.05) is 23.3 Å². The topological polar surface area (TPSA) is 37.4 Å². The first-order valence-corrected chi connectivity index (χ1v) is 7.52. The highest BCUT2D eigenvalue weighted by atomic mass is 35.5. The Morgan fingerprint density at radius 3 is 2.73 bits per heavy atom. The summed E-state index contributed by atoms with van der Waals surface area (Å²) in [5, 5.41) is 1.66. The van der Waals surface area contributed by atoms with Crippen LogP contribution in [0.5, 0.6) is 0 Å². The molecule has 3 nitrogen and oxygen atoms in total. The maximum atomic E-state index is 12.0. The van der Waals surface area contributed by atoms with Gasteiger partial charge in [-0.15, -0.1) is 22.9 Å². The van der Waals surface area contributed by atoms with Crippen molar-refractivity contribution in [2.24, 2.45) is 0 Å². The smallest absolute Gasteiger partial charge is 0.207 e. The fourth-order valence-corrected chi connectivity index (χ4v) is 4.16. The molecule has 15 heavy (non-hydrogen) atoms. The Morgan fingerprint density at radius 2 is 2.27 bits per heavy atom. The van der Waals surface area contributed by atoms with Crippen LogP contribution in [0.15, 0.2) is 16.3 Å². The van der Waals surface area contributed by atoms with Crippen molar-refractivity contribution in [3.8, 4) is 0 Å². The zero-order valence-electron chi connectivity index (χ0n) is 8.31. The van der Waals surface area contributed by atoms with Crippen molar-refractivity contribution >= 4 is 33.0 Å². The molecule has 2 rings (SSSR count). The molecule has 0 atom stereocenters. The molecule has 0 spiro atoms. The summed E-state index contributed by atoms with van der Waals surface area (Å²) in [5.74, 6) is 0.368. The van der Waals surface area contributed by atoms with E-state index in [0.717, 1.165) is 17.7 Å². The first-order valence-electron chi connectivity index (χ1n) is 4.67. The lowest BCUT2D eigenvalue weighted by Crippen LogP contribution is -2.28. The van der Waals surface area contributed by atoms with Crippen molar-refractivity contribution in [3.05, 3.63) is 16.3 Å². The van der Waals surface area contributed by atoms with E-state index in [-0.39, 0.29) is 6.04 Å². The average Bonchev–Trinajstić information content (AvgIpc) is 2.93. The Labute approximate surface area is 98.7 Å². The van der Waals surface area contributed by atoms with Crippen LogP contribution in [0.1, 0.15) is 17.7 Å². The highest BCUT2D eigenvalue weighted by Crippen LogP contribution is 2.32. The van der Waals surface area contributed by atoms with Gasteiger partial charge in [0.15, 0.2) is 0 Å². The van der Waals surface area contributed by atoms with Crippen LogP contribution in [0.25, 0.3) is 0 Å². The van der Waals surface area contributed by atoms with Crippen LogP contribution in [-0.4, -0.2) is 25.8 Å². The van der Waals surface area contributed by atoms with Crippen molar-refractivity contribution in [1.29, 1.82) is 0 Å². The van der Waals surface area contributed by atoms with Crippen LogP contribution in [0, 0.1) is 0 Å². The standard InChI is InChI=1S/C9H12ClNO2S2/c1-11(7-2-3-7)15(12,13)9-4-8(5-10)14-6-9/h4,6-7H,2-3,5H2,1H3. The monoisotopic (exact) mass is 265 g/mol. The summed E-state index contributed by atoms with van der Waals surface area (Å²) in [6, 6.07) is 1.86. The van der Waals surface area contributed by atoms with Crippen molar-refractivity contribution in [3.63, 3.8) is 0 Å². The molecule has 0 N–H and O–H groups in total. The van der Waals surface area contributed by atoms with E-state index in [1.807, 2.05) is 0 Å². The van der Waals surface area contributed by atoms with Crippen LogP contribution in [0.3, 0.4) is 0 Å². The molecule has 1 aromatic heterocycles. The molecule has 0 unspecified atom stereocenters. The van der Waals surface area contributed by atoms with Gasteiger partial charge < -0.3 is 0 Å². The SMILES string of the molecule is CN(C1CC1)S(=O)(=O)c1csc(CCl)c1. The number of thiophene rings is 1. The minimum atomic E-state index is -3.28. The van der Waals surface area contributed by atoms with Gasteiger partial charge in [-0.25, -0.2) is 8.42 Å². The number of sulfonamides is 1. The van der Waals surface area contributed by atoms with E-state index in [4.69, 9.17) is 11.6 Å². The summed E-state index contributed by atoms with van der Waals surface area (Å²) in [6.07, 6.45) is 1.95. The molecule has 0 bridgehead atoms. The molecule has 1 heterocycles. The summed E-state index contributed by atoms with van der Waals surface area (Å²) in [6.45, 7) is 0. The van der Waals surface area contributed by atoms with Crippen LogP contribution in [-0.2, 0) is 15.9 Å². The zero-order chi connectivity index (χ0) is 11.1. The second-order valence-electron chi connectivity index (χ2n) is 3.63. The number of hydrogen-bond donors (Lipinski definition) is 0. The molecule has 0 aromatic carbocycles. The largest absolute Gasteiger partial charge is 0.243 e. The third-order valence-electron chi connectivity index (χ3n) is 2.50. The summed E-state index contributed by atoms with van der Waals surface area (Å²) < 4.78 is 25.5. The number of rotatable bonds is 4. The molecule has 0 aliphatic heterocycles. The normalized spacial score (nSPS) is 17.3. The molecule has 1 aliphatic rings. The highest BCUT2D eigenvalue weighted by Gasteiger charge is 2.35. The number of alkyl halides is 1. The lowest BCUT2D eigenvalue weighted by molar-refractivity contribution is 0.464. The fourth-order valence-electron chi connectivity index (χ4n) is 1.37. The molecule has 1 aliphatic carbocycles. The van der Waals surface area contributed by atoms with E-state index >= 15 is 0 Å². The van der Waals surface area contributed by atoms with E-state index in [1.165, 1.54) is 15.6 Å². The molecule has 0 radical (unpaired) electrons. The second kappa shape index (κ2) is 4.05. The molecule has 84 valence electrons. The number of nitrogens with zero attached hydrogens (tertiary/aromatic N) is 1. The summed E-state index contributed by atoms with van der Waals surface area (Å²) in [5.41, 5.74) is 0. The van der Waals surface area contributed by atoms with Crippen molar-refractivity contribution in [1.82, 2.24) is 4.31 Å². The molecule has 1 saturated carbocycles. The van der Waals surface area contributed by atoms with Crippen LogP contribution in [0.4, 0.5) is 0 Å². The molecule has 0 saturated heterocycles. The molecule has 1 aromatic rings. The number of halogens is 1. The van der Waals surface area contributed by atoms with E-state index in [1.54, 1.807) is 18.5 Å². The Kier molecular flexibility index (Phi) is 3.07. The quantitative estimate of drug-likeness (QED) is 0.784. The van der Waals surface area contributed by atoms with Gasteiger partial charge in [0.1, 0.15) is 0 Å². The van der Waals surface area contributed by atoms with Gasteiger partial charge in [0.05, 0.1) is 10.8 Å². The van der Waals surface area contributed by atoms with E-state index in [0.29, 0.717) is 10.8 Å². The van der Waals surface area contributed by atoms with Crippen molar-refractivity contribution in [2.75, 3.05) is 7.05 Å². The average molecular weight is 266 g/mol. The van der Waals surface area contributed by atoms with Crippen molar-refractivity contribution in [2.45, 2.75) is 29.7 Å². The van der Waals surface area contributed by atoms with E-state index in [9.17, 15) is 8.42 Å². The first kappa shape index (κ1) is 11.4. The van der Waals surface area contributed by atoms with Gasteiger partial charge >= 0.3 is 0 Å². The molecule has 0 amide bonds. The highest BCUT2D eigenvalue weighted by molar-refractivity contribution is 7.89. The summed E-state index contributed by atoms with van der Waals surface area (Å²) in [4.78, 5) is 1.26. The molecule has 1 fully saturated rings. The van der Waals surface area contributed by atoms with Crippen LogP contribution >= 0.6 is 22.9 Å². The Bertz CT molecular complexity index is 450. The number of hydrogen-bond acceptors (Lipinski definition) is 3. The van der Waals surface area contributed by atoms with Crippen molar-refractivity contribution < 1.29 is 8.42 Å². The first-order chi connectivity index (χ1) is 7.05. The molecule has 6 heteroatoms. The van der Waals surface area contributed by atoms with E-state index < -0.39 is 10.0 Å². The molecular weight excluding hydrogens is 254 g/mol. The van der Waals surface area contributed by atoms with Gasteiger partial charge in [-0.1, -0.05) is 0 Å². The van der Waals surface area contributed by atoms with Crippen LogP contribution < -0.4 is 0 Å². The minimum Gasteiger partial charge on any atom is -0.207 e. The lowest BCUT2D eigenvalue weighted by Gasteiger charge is -2.14. The maximum absolute atomic E-state index is 12.0. The summed E-state index contributed by atoms with van der Waals surface area (Å²) >= 11 is 7.03. The predicted molar refractivity (Wildman–Crippen MR) is 61.8 cm³/mol. The van der Waals surface area contributed by atoms with Crippen LogP contribution in [0.2, 0.25) is 0 Å². The predicted octanol–water partition coefficient (Wildman–Crippen LogP) is 2.27. The lowest BCUT2D eigenvalue weighted by atomic mass is 10.5.